The molecule has 8 heteroatoms. The molecular weight excluding hydrogens is 444 g/mol. The van der Waals surface area contributed by atoms with Gasteiger partial charge in [0.2, 0.25) is 10.0 Å². The van der Waals surface area contributed by atoms with Crippen LogP contribution in [-0.2, 0) is 14.8 Å². The standard InChI is InChI=1S/C24H26N2O4S2/c1-2-3-17-25-32(28,29)21-15-13-19(14-16-21)30-18-24(27)26-22-11-7-8-12-23(22)31-20-9-5-4-6-10-20/h4-16,25H,2-3,17-18H2,1H3,(H,26,27). The second-order valence-electron chi connectivity index (χ2n) is 6.97. The quantitative estimate of drug-likeness (QED) is 0.388. The molecule has 0 aromatic heterocycles. The fourth-order valence-corrected chi connectivity index (χ4v) is 4.79. The fourth-order valence-electron chi connectivity index (χ4n) is 2.79. The molecule has 0 atom stereocenters. The van der Waals surface area contributed by atoms with Crippen LogP contribution in [0.4, 0.5) is 5.69 Å². The number of hydrogen-bond donors (Lipinski definition) is 2. The molecule has 0 heterocycles. The molecule has 0 saturated heterocycles. The fraction of sp³-hybridized carbons (Fsp3) is 0.208. The minimum atomic E-state index is -3.54. The summed E-state index contributed by atoms with van der Waals surface area (Å²) in [5.74, 6) is 0.114. The zero-order valence-electron chi connectivity index (χ0n) is 17.8. The van der Waals surface area contributed by atoms with E-state index in [-0.39, 0.29) is 17.4 Å². The third-order valence-corrected chi connectivity index (χ3v) is 7.02. The highest BCUT2D eigenvalue weighted by Gasteiger charge is 2.13. The molecule has 6 nitrogen and oxygen atoms in total. The summed E-state index contributed by atoms with van der Waals surface area (Å²) >= 11 is 1.56. The maximum atomic E-state index is 12.4. The van der Waals surface area contributed by atoms with Gasteiger partial charge in [-0.3, -0.25) is 4.79 Å². The number of hydrogen-bond acceptors (Lipinski definition) is 5. The van der Waals surface area contributed by atoms with Crippen LogP contribution < -0.4 is 14.8 Å². The molecule has 168 valence electrons. The van der Waals surface area contributed by atoms with Crippen LogP contribution in [0.3, 0.4) is 0 Å². The number of para-hydroxylation sites is 1. The number of amides is 1. The number of carbonyl (C=O) groups is 1. The lowest BCUT2D eigenvalue weighted by Gasteiger charge is -2.12. The van der Waals surface area contributed by atoms with Gasteiger partial charge in [0.15, 0.2) is 6.61 Å². The van der Waals surface area contributed by atoms with Gasteiger partial charge in [-0.2, -0.15) is 0 Å². The normalized spacial score (nSPS) is 11.2. The van der Waals surface area contributed by atoms with Crippen LogP contribution in [0.15, 0.2) is 93.5 Å². The SMILES string of the molecule is CCCCNS(=O)(=O)c1ccc(OCC(=O)Nc2ccccc2Sc2ccccc2)cc1. The van der Waals surface area contributed by atoms with E-state index in [4.69, 9.17) is 4.74 Å². The molecule has 0 unspecified atom stereocenters. The number of unbranched alkanes of at least 4 members (excludes halogenated alkanes) is 1. The van der Waals surface area contributed by atoms with Crippen LogP contribution >= 0.6 is 11.8 Å². The molecule has 0 aliphatic carbocycles. The van der Waals surface area contributed by atoms with E-state index in [0.717, 1.165) is 22.6 Å². The van der Waals surface area contributed by atoms with Crippen LogP contribution in [0, 0.1) is 0 Å². The highest BCUT2D eigenvalue weighted by Crippen LogP contribution is 2.33. The Morgan fingerprint density at radius 3 is 2.34 bits per heavy atom. The van der Waals surface area contributed by atoms with Crippen molar-refractivity contribution in [2.45, 2.75) is 34.5 Å². The van der Waals surface area contributed by atoms with Crippen LogP contribution in [0.5, 0.6) is 5.75 Å². The van der Waals surface area contributed by atoms with E-state index in [2.05, 4.69) is 10.0 Å². The molecule has 3 rings (SSSR count). The van der Waals surface area contributed by atoms with Crippen molar-refractivity contribution in [1.29, 1.82) is 0 Å². The van der Waals surface area contributed by atoms with Crippen LogP contribution in [0.1, 0.15) is 19.8 Å². The summed E-state index contributed by atoms with van der Waals surface area (Å²) in [5.41, 5.74) is 0.703. The smallest absolute Gasteiger partial charge is 0.262 e. The summed E-state index contributed by atoms with van der Waals surface area (Å²) in [6.07, 6.45) is 1.69. The van der Waals surface area contributed by atoms with E-state index in [1.807, 2.05) is 61.5 Å². The molecule has 32 heavy (non-hydrogen) atoms. The third kappa shape index (κ3) is 7.12. The van der Waals surface area contributed by atoms with E-state index in [1.54, 1.807) is 23.9 Å². The summed E-state index contributed by atoms with van der Waals surface area (Å²) < 4.78 is 32.6. The molecule has 0 radical (unpaired) electrons. The van der Waals surface area contributed by atoms with Crippen molar-refractivity contribution in [3.05, 3.63) is 78.9 Å². The van der Waals surface area contributed by atoms with Gasteiger partial charge in [0, 0.05) is 16.3 Å². The van der Waals surface area contributed by atoms with E-state index in [0.29, 0.717) is 18.0 Å². The average Bonchev–Trinajstić information content (AvgIpc) is 2.80. The van der Waals surface area contributed by atoms with Crippen molar-refractivity contribution in [3.63, 3.8) is 0 Å². The van der Waals surface area contributed by atoms with E-state index in [9.17, 15) is 13.2 Å². The first-order chi connectivity index (χ1) is 15.5. The summed E-state index contributed by atoms with van der Waals surface area (Å²) in [5, 5.41) is 2.87. The molecule has 0 bridgehead atoms. The first-order valence-corrected chi connectivity index (χ1v) is 12.6. The molecule has 0 spiro atoms. The topological polar surface area (TPSA) is 84.5 Å². The predicted octanol–water partition coefficient (Wildman–Crippen LogP) is 4.93. The first-order valence-electron chi connectivity index (χ1n) is 10.3. The number of benzene rings is 3. The van der Waals surface area contributed by atoms with Gasteiger partial charge in [-0.1, -0.05) is 55.4 Å². The minimum Gasteiger partial charge on any atom is -0.484 e. The third-order valence-electron chi connectivity index (χ3n) is 4.46. The van der Waals surface area contributed by atoms with Crippen LogP contribution in [-0.4, -0.2) is 27.5 Å². The largest absolute Gasteiger partial charge is 0.484 e. The minimum absolute atomic E-state index is 0.164. The van der Waals surface area contributed by atoms with Crippen molar-refractivity contribution >= 4 is 33.4 Å². The number of sulfonamides is 1. The molecule has 0 aliphatic heterocycles. The molecule has 1 amide bonds. The number of anilines is 1. The van der Waals surface area contributed by atoms with Gasteiger partial charge < -0.3 is 10.1 Å². The lowest BCUT2D eigenvalue weighted by atomic mass is 10.3. The van der Waals surface area contributed by atoms with Crippen LogP contribution in [0.2, 0.25) is 0 Å². The molecule has 0 fully saturated rings. The molecule has 3 aromatic rings. The number of ether oxygens (including phenoxy) is 1. The van der Waals surface area contributed by atoms with Crippen molar-refractivity contribution < 1.29 is 17.9 Å². The predicted molar refractivity (Wildman–Crippen MR) is 128 cm³/mol. The van der Waals surface area contributed by atoms with E-state index in [1.165, 1.54) is 12.1 Å². The summed E-state index contributed by atoms with van der Waals surface area (Å²) in [7, 11) is -3.54. The summed E-state index contributed by atoms with van der Waals surface area (Å²) in [6, 6.07) is 23.5. The summed E-state index contributed by atoms with van der Waals surface area (Å²) in [6.45, 7) is 2.21. The zero-order valence-corrected chi connectivity index (χ0v) is 19.4. The highest BCUT2D eigenvalue weighted by atomic mass is 32.2. The Morgan fingerprint density at radius 2 is 1.62 bits per heavy atom. The molecular formula is C24H26N2O4S2. The highest BCUT2D eigenvalue weighted by molar-refractivity contribution is 7.99. The second kappa shape index (κ2) is 11.7. The second-order valence-corrected chi connectivity index (χ2v) is 9.85. The Labute approximate surface area is 193 Å². The van der Waals surface area contributed by atoms with Crippen LogP contribution in [0.25, 0.3) is 0 Å². The van der Waals surface area contributed by atoms with Gasteiger partial charge in [0.25, 0.3) is 5.91 Å². The molecule has 3 aromatic carbocycles. The first kappa shape index (κ1) is 23.8. The molecule has 0 aliphatic rings. The Bertz CT molecular complexity index is 1120. The van der Waals surface area contributed by atoms with Gasteiger partial charge in [-0.25, -0.2) is 13.1 Å². The Kier molecular flexibility index (Phi) is 8.72. The van der Waals surface area contributed by atoms with E-state index < -0.39 is 10.0 Å². The number of rotatable bonds is 11. The van der Waals surface area contributed by atoms with Gasteiger partial charge >= 0.3 is 0 Å². The average molecular weight is 471 g/mol. The van der Waals surface area contributed by atoms with Gasteiger partial charge in [0.05, 0.1) is 10.6 Å². The van der Waals surface area contributed by atoms with Crippen molar-refractivity contribution in [1.82, 2.24) is 4.72 Å². The van der Waals surface area contributed by atoms with Gasteiger partial charge in [-0.05, 0) is 55.0 Å². The lowest BCUT2D eigenvalue weighted by molar-refractivity contribution is -0.118. The van der Waals surface area contributed by atoms with Crippen molar-refractivity contribution in [2.24, 2.45) is 0 Å². The zero-order chi connectivity index (χ0) is 22.8. The van der Waals surface area contributed by atoms with Crippen molar-refractivity contribution in [3.8, 4) is 5.75 Å². The number of nitrogens with one attached hydrogen (secondary N) is 2. The van der Waals surface area contributed by atoms with E-state index >= 15 is 0 Å². The lowest BCUT2D eigenvalue weighted by Crippen LogP contribution is -2.24. The monoisotopic (exact) mass is 470 g/mol. The number of carbonyl (C=O) groups excluding carboxylic acids is 1. The molecule has 0 saturated carbocycles. The Hall–Kier alpha value is -2.81. The van der Waals surface area contributed by atoms with Gasteiger partial charge in [-0.15, -0.1) is 0 Å². The van der Waals surface area contributed by atoms with Crippen molar-refractivity contribution in [2.75, 3.05) is 18.5 Å². The van der Waals surface area contributed by atoms with Gasteiger partial charge in [0.1, 0.15) is 5.75 Å². The molecule has 2 N–H and O–H groups in total. The summed E-state index contributed by atoms with van der Waals surface area (Å²) in [4.78, 5) is 14.6. The Morgan fingerprint density at radius 1 is 0.938 bits per heavy atom. The Balaban J connectivity index is 1.55. The maximum Gasteiger partial charge on any atom is 0.262 e. The maximum absolute atomic E-state index is 12.4.